The van der Waals surface area contributed by atoms with Gasteiger partial charge in [-0.05, 0) is 17.7 Å². The third-order valence-corrected chi connectivity index (χ3v) is 2.86. The Bertz CT molecular complexity index is 328. The summed E-state index contributed by atoms with van der Waals surface area (Å²) in [5.41, 5.74) is 1.20. The highest BCUT2D eigenvalue weighted by atomic mass is 79.9. The van der Waals surface area contributed by atoms with E-state index >= 15 is 0 Å². The van der Waals surface area contributed by atoms with Crippen LogP contribution in [0.5, 0.6) is 0 Å². The van der Waals surface area contributed by atoms with Crippen LogP contribution in [0.1, 0.15) is 5.56 Å². The number of hydrogen-bond donors (Lipinski definition) is 1. The lowest BCUT2D eigenvalue weighted by atomic mass is 10.2. The van der Waals surface area contributed by atoms with Crippen LogP contribution in [0.3, 0.4) is 0 Å². The Kier molecular flexibility index (Phi) is 3.94. The maximum absolute atomic E-state index is 5.56. The topological polar surface area (TPSA) is 21.3 Å². The van der Waals surface area contributed by atoms with Crippen molar-refractivity contribution in [3.63, 3.8) is 0 Å². The Labute approximate surface area is 98.5 Å². The van der Waals surface area contributed by atoms with Crippen molar-refractivity contribution in [3.05, 3.63) is 40.4 Å². The van der Waals surface area contributed by atoms with Gasteiger partial charge in [0.15, 0.2) is 0 Å². The van der Waals surface area contributed by atoms with Crippen LogP contribution >= 0.6 is 15.9 Å². The zero-order valence-electron chi connectivity index (χ0n) is 8.45. The second-order valence-corrected chi connectivity index (χ2v) is 4.44. The van der Waals surface area contributed by atoms with E-state index in [1.165, 1.54) is 5.56 Å². The van der Waals surface area contributed by atoms with Crippen LogP contribution in [0.25, 0.3) is 6.08 Å². The number of nitrogens with one attached hydrogen (secondary N) is 1. The fourth-order valence-electron chi connectivity index (χ4n) is 1.50. The highest BCUT2D eigenvalue weighted by Crippen LogP contribution is 2.12. The van der Waals surface area contributed by atoms with Gasteiger partial charge in [0.2, 0.25) is 0 Å². The molecule has 1 aromatic rings. The summed E-state index contributed by atoms with van der Waals surface area (Å²) in [6.45, 7) is 2.67. The first-order valence-electron chi connectivity index (χ1n) is 5.11. The molecule has 1 aliphatic rings. The molecule has 3 heteroatoms. The van der Waals surface area contributed by atoms with Crippen LogP contribution in [0.2, 0.25) is 0 Å². The van der Waals surface area contributed by atoms with E-state index in [2.05, 4.69) is 45.5 Å². The molecule has 2 rings (SSSR count). The second kappa shape index (κ2) is 5.45. The molecule has 1 heterocycles. The summed E-state index contributed by atoms with van der Waals surface area (Å²) < 4.78 is 6.67. The molecule has 1 saturated heterocycles. The summed E-state index contributed by atoms with van der Waals surface area (Å²) in [5.74, 6) is 0. The number of morpholine rings is 1. The minimum Gasteiger partial charge on any atom is -0.371 e. The van der Waals surface area contributed by atoms with Crippen molar-refractivity contribution in [2.75, 3.05) is 19.7 Å². The van der Waals surface area contributed by atoms with Crippen LogP contribution in [-0.2, 0) is 4.74 Å². The van der Waals surface area contributed by atoms with Gasteiger partial charge in [-0.2, -0.15) is 0 Å². The lowest BCUT2D eigenvalue weighted by Gasteiger charge is -2.20. The van der Waals surface area contributed by atoms with Crippen LogP contribution < -0.4 is 5.32 Å². The maximum Gasteiger partial charge on any atom is 0.0884 e. The largest absolute Gasteiger partial charge is 0.371 e. The molecule has 1 aliphatic heterocycles. The number of hydrogen-bond acceptors (Lipinski definition) is 2. The standard InChI is InChI=1S/C12H14BrNO/c13-11-4-1-10(2-5-11)3-6-12-9-14-7-8-15-12/h1-6,12,14H,7-9H2. The van der Waals surface area contributed by atoms with Crippen molar-refractivity contribution in [1.82, 2.24) is 5.32 Å². The van der Waals surface area contributed by atoms with Gasteiger partial charge in [0.1, 0.15) is 0 Å². The fraction of sp³-hybridized carbons (Fsp3) is 0.333. The molecule has 0 radical (unpaired) electrons. The van der Waals surface area contributed by atoms with Gasteiger partial charge < -0.3 is 10.1 Å². The number of ether oxygens (including phenoxy) is 1. The molecule has 15 heavy (non-hydrogen) atoms. The minimum atomic E-state index is 0.211. The molecule has 0 aliphatic carbocycles. The van der Waals surface area contributed by atoms with Crippen LogP contribution in [0, 0.1) is 0 Å². The molecule has 1 N–H and O–H groups in total. The van der Waals surface area contributed by atoms with Crippen molar-refractivity contribution in [2.24, 2.45) is 0 Å². The van der Waals surface area contributed by atoms with Gasteiger partial charge in [0.05, 0.1) is 12.7 Å². The predicted octanol–water partition coefficient (Wildman–Crippen LogP) is 2.45. The SMILES string of the molecule is Brc1ccc(C=CC2CNCCO2)cc1. The van der Waals surface area contributed by atoms with E-state index in [0.29, 0.717) is 0 Å². The van der Waals surface area contributed by atoms with Gasteiger partial charge in [0.25, 0.3) is 0 Å². The van der Waals surface area contributed by atoms with Gasteiger partial charge in [-0.3, -0.25) is 0 Å². The second-order valence-electron chi connectivity index (χ2n) is 3.52. The highest BCUT2D eigenvalue weighted by Gasteiger charge is 2.08. The molecule has 1 fully saturated rings. The van der Waals surface area contributed by atoms with Crippen LogP contribution in [-0.4, -0.2) is 25.8 Å². The number of benzene rings is 1. The molecular weight excluding hydrogens is 254 g/mol. The molecule has 1 aromatic carbocycles. The maximum atomic E-state index is 5.56. The van der Waals surface area contributed by atoms with E-state index < -0.39 is 0 Å². The van der Waals surface area contributed by atoms with Crippen LogP contribution in [0.15, 0.2) is 34.8 Å². The molecule has 0 saturated carbocycles. The van der Waals surface area contributed by atoms with Gasteiger partial charge in [-0.25, -0.2) is 0 Å². The third-order valence-electron chi connectivity index (χ3n) is 2.33. The monoisotopic (exact) mass is 267 g/mol. The predicted molar refractivity (Wildman–Crippen MR) is 65.8 cm³/mol. The molecule has 1 unspecified atom stereocenters. The highest BCUT2D eigenvalue weighted by molar-refractivity contribution is 9.10. The average molecular weight is 268 g/mol. The van der Waals surface area contributed by atoms with Crippen molar-refractivity contribution in [3.8, 4) is 0 Å². The van der Waals surface area contributed by atoms with Gasteiger partial charge in [-0.15, -0.1) is 0 Å². The van der Waals surface area contributed by atoms with Crippen molar-refractivity contribution < 1.29 is 4.74 Å². The Morgan fingerprint density at radius 3 is 2.80 bits per heavy atom. The first-order valence-corrected chi connectivity index (χ1v) is 5.90. The summed E-state index contributed by atoms with van der Waals surface area (Å²) in [4.78, 5) is 0. The summed E-state index contributed by atoms with van der Waals surface area (Å²) in [5, 5.41) is 3.30. The van der Waals surface area contributed by atoms with Crippen molar-refractivity contribution >= 4 is 22.0 Å². The van der Waals surface area contributed by atoms with E-state index in [1.807, 2.05) is 12.1 Å². The molecule has 1 atom stereocenters. The molecule has 0 spiro atoms. The molecule has 0 aromatic heterocycles. The lowest BCUT2D eigenvalue weighted by Crippen LogP contribution is -2.37. The van der Waals surface area contributed by atoms with Crippen molar-refractivity contribution in [1.29, 1.82) is 0 Å². The fourth-order valence-corrected chi connectivity index (χ4v) is 1.77. The summed E-state index contributed by atoms with van der Waals surface area (Å²) in [6, 6.07) is 8.24. The minimum absolute atomic E-state index is 0.211. The van der Waals surface area contributed by atoms with Crippen LogP contribution in [0.4, 0.5) is 0 Å². The third kappa shape index (κ3) is 3.45. The number of halogens is 1. The van der Waals surface area contributed by atoms with Gasteiger partial charge in [0, 0.05) is 17.6 Å². The quantitative estimate of drug-likeness (QED) is 0.889. The zero-order chi connectivity index (χ0) is 10.5. The van der Waals surface area contributed by atoms with E-state index in [4.69, 9.17) is 4.74 Å². The Morgan fingerprint density at radius 2 is 2.13 bits per heavy atom. The van der Waals surface area contributed by atoms with E-state index in [-0.39, 0.29) is 6.10 Å². The number of rotatable bonds is 2. The molecular formula is C12H14BrNO. The van der Waals surface area contributed by atoms with Crippen molar-refractivity contribution in [2.45, 2.75) is 6.10 Å². The Balaban J connectivity index is 1.95. The smallest absolute Gasteiger partial charge is 0.0884 e. The Morgan fingerprint density at radius 1 is 1.33 bits per heavy atom. The normalized spacial score (nSPS) is 22.1. The van der Waals surface area contributed by atoms with E-state index in [1.54, 1.807) is 0 Å². The Hall–Kier alpha value is -0.640. The molecule has 80 valence electrons. The first kappa shape index (κ1) is 10.9. The summed E-state index contributed by atoms with van der Waals surface area (Å²) >= 11 is 3.41. The van der Waals surface area contributed by atoms with Gasteiger partial charge in [-0.1, -0.05) is 40.2 Å². The van der Waals surface area contributed by atoms with Gasteiger partial charge >= 0.3 is 0 Å². The van der Waals surface area contributed by atoms with E-state index in [0.717, 1.165) is 24.2 Å². The molecule has 0 bridgehead atoms. The zero-order valence-corrected chi connectivity index (χ0v) is 10.0. The average Bonchev–Trinajstić information content (AvgIpc) is 2.30. The lowest BCUT2D eigenvalue weighted by molar-refractivity contribution is 0.0596. The summed E-state index contributed by atoms with van der Waals surface area (Å²) in [6.07, 6.45) is 4.42. The molecule has 2 nitrogen and oxygen atoms in total. The molecule has 0 amide bonds. The summed E-state index contributed by atoms with van der Waals surface area (Å²) in [7, 11) is 0. The van der Waals surface area contributed by atoms with E-state index in [9.17, 15) is 0 Å². The first-order chi connectivity index (χ1) is 7.34.